The summed E-state index contributed by atoms with van der Waals surface area (Å²) in [5, 5.41) is 11.7. The molecule has 0 aromatic heterocycles. The number of carbonyl (C=O) groups excluding carboxylic acids is 2. The van der Waals surface area contributed by atoms with Gasteiger partial charge in [0.2, 0.25) is 11.8 Å². The van der Waals surface area contributed by atoms with Crippen molar-refractivity contribution in [3.8, 4) is 0 Å². The predicted molar refractivity (Wildman–Crippen MR) is 103 cm³/mol. The van der Waals surface area contributed by atoms with Gasteiger partial charge < -0.3 is 15.3 Å². The standard InChI is InChI=1S/C18H25N3O4.ClH/c1-2-10-20(13-18(24)25)12-9-16(22)19-14-5-7-15(8-6-14)21-11-3-4-17(21)23;/h5-8H,2-4,9-13H2,1H3,(H,19,22)(H,24,25);1H. The number of anilines is 2. The fraction of sp³-hybridized carbons (Fsp3) is 0.500. The minimum atomic E-state index is -0.888. The van der Waals surface area contributed by atoms with Gasteiger partial charge in [-0.2, -0.15) is 0 Å². The molecule has 0 unspecified atom stereocenters. The molecule has 26 heavy (non-hydrogen) atoms. The first kappa shape index (κ1) is 21.9. The van der Waals surface area contributed by atoms with E-state index in [4.69, 9.17) is 5.11 Å². The molecule has 2 N–H and O–H groups in total. The van der Waals surface area contributed by atoms with Gasteiger partial charge in [-0.25, -0.2) is 0 Å². The zero-order chi connectivity index (χ0) is 18.2. The third-order valence-corrected chi connectivity index (χ3v) is 4.09. The minimum absolute atomic E-state index is 0. The summed E-state index contributed by atoms with van der Waals surface area (Å²) in [7, 11) is 0. The molecule has 2 amide bonds. The molecule has 1 aromatic rings. The van der Waals surface area contributed by atoms with E-state index in [1.54, 1.807) is 21.9 Å². The molecule has 0 bridgehead atoms. The third-order valence-electron chi connectivity index (χ3n) is 4.09. The Hall–Kier alpha value is -2.12. The summed E-state index contributed by atoms with van der Waals surface area (Å²) in [4.78, 5) is 38.1. The summed E-state index contributed by atoms with van der Waals surface area (Å²) >= 11 is 0. The lowest BCUT2D eigenvalue weighted by atomic mass is 10.2. The van der Waals surface area contributed by atoms with Crippen molar-refractivity contribution in [2.24, 2.45) is 0 Å². The van der Waals surface area contributed by atoms with Crippen LogP contribution in [-0.2, 0) is 14.4 Å². The predicted octanol–water partition coefficient (Wildman–Crippen LogP) is 2.36. The first-order valence-electron chi connectivity index (χ1n) is 8.64. The van der Waals surface area contributed by atoms with Gasteiger partial charge in [-0.1, -0.05) is 6.92 Å². The van der Waals surface area contributed by atoms with Crippen LogP contribution in [0.4, 0.5) is 11.4 Å². The first-order valence-corrected chi connectivity index (χ1v) is 8.64. The Balaban J connectivity index is 0.00000338. The molecule has 1 heterocycles. The zero-order valence-corrected chi connectivity index (χ0v) is 15.8. The van der Waals surface area contributed by atoms with Crippen molar-refractivity contribution < 1.29 is 19.5 Å². The number of benzene rings is 1. The minimum Gasteiger partial charge on any atom is -0.480 e. The molecule has 0 spiro atoms. The van der Waals surface area contributed by atoms with Gasteiger partial charge in [0, 0.05) is 37.3 Å². The number of aliphatic carboxylic acids is 1. The van der Waals surface area contributed by atoms with Crippen molar-refractivity contribution in [1.29, 1.82) is 0 Å². The van der Waals surface area contributed by atoms with Crippen LogP contribution in [0.3, 0.4) is 0 Å². The number of amides is 2. The highest BCUT2D eigenvalue weighted by atomic mass is 35.5. The molecular formula is C18H26ClN3O4. The van der Waals surface area contributed by atoms with Crippen molar-refractivity contribution in [3.63, 3.8) is 0 Å². The Kier molecular flexibility index (Phi) is 9.09. The molecule has 1 aliphatic heterocycles. The van der Waals surface area contributed by atoms with Crippen LogP contribution in [0, 0.1) is 0 Å². The van der Waals surface area contributed by atoms with Crippen LogP contribution in [0.25, 0.3) is 0 Å². The highest BCUT2D eigenvalue weighted by molar-refractivity contribution is 5.96. The second-order valence-corrected chi connectivity index (χ2v) is 6.16. The molecule has 1 saturated heterocycles. The molecule has 8 heteroatoms. The summed E-state index contributed by atoms with van der Waals surface area (Å²) in [5.74, 6) is -0.913. The quantitative estimate of drug-likeness (QED) is 0.683. The molecule has 2 rings (SSSR count). The maximum absolute atomic E-state index is 12.1. The highest BCUT2D eigenvalue weighted by Gasteiger charge is 2.21. The van der Waals surface area contributed by atoms with Gasteiger partial charge in [-0.05, 0) is 43.7 Å². The van der Waals surface area contributed by atoms with Gasteiger partial charge in [0.15, 0.2) is 0 Å². The highest BCUT2D eigenvalue weighted by Crippen LogP contribution is 2.23. The number of nitrogens with zero attached hydrogens (tertiary/aromatic N) is 2. The Morgan fingerprint density at radius 3 is 2.46 bits per heavy atom. The van der Waals surface area contributed by atoms with E-state index in [-0.39, 0.29) is 37.2 Å². The lowest BCUT2D eigenvalue weighted by Crippen LogP contribution is -2.33. The van der Waals surface area contributed by atoms with Crippen molar-refractivity contribution in [2.45, 2.75) is 32.6 Å². The Labute approximate surface area is 159 Å². The summed E-state index contributed by atoms with van der Waals surface area (Å²) < 4.78 is 0. The summed E-state index contributed by atoms with van der Waals surface area (Å²) in [6.07, 6.45) is 2.54. The Bertz CT molecular complexity index is 621. The normalized spacial score (nSPS) is 13.6. The van der Waals surface area contributed by atoms with E-state index in [1.165, 1.54) is 0 Å². The molecule has 0 radical (unpaired) electrons. The van der Waals surface area contributed by atoms with Crippen molar-refractivity contribution >= 4 is 41.6 Å². The van der Waals surface area contributed by atoms with E-state index in [0.29, 0.717) is 25.2 Å². The van der Waals surface area contributed by atoms with Crippen LogP contribution in [-0.4, -0.2) is 54.0 Å². The maximum Gasteiger partial charge on any atom is 0.317 e. The number of carboxylic acids is 1. The number of carboxylic acid groups (broad SMARTS) is 1. The third kappa shape index (κ3) is 6.65. The van der Waals surface area contributed by atoms with Crippen molar-refractivity contribution in [3.05, 3.63) is 24.3 Å². The molecule has 1 aromatic carbocycles. The largest absolute Gasteiger partial charge is 0.480 e. The molecule has 144 valence electrons. The van der Waals surface area contributed by atoms with Gasteiger partial charge in [-0.3, -0.25) is 19.3 Å². The van der Waals surface area contributed by atoms with E-state index < -0.39 is 5.97 Å². The Morgan fingerprint density at radius 2 is 1.92 bits per heavy atom. The fourth-order valence-corrected chi connectivity index (χ4v) is 2.91. The van der Waals surface area contributed by atoms with Gasteiger partial charge in [0.1, 0.15) is 0 Å². The molecule has 1 fully saturated rings. The Morgan fingerprint density at radius 1 is 1.23 bits per heavy atom. The van der Waals surface area contributed by atoms with E-state index in [0.717, 1.165) is 25.1 Å². The van der Waals surface area contributed by atoms with Crippen LogP contribution >= 0.6 is 12.4 Å². The van der Waals surface area contributed by atoms with Crippen molar-refractivity contribution in [2.75, 3.05) is 36.4 Å². The van der Waals surface area contributed by atoms with E-state index >= 15 is 0 Å². The van der Waals surface area contributed by atoms with Gasteiger partial charge in [-0.15, -0.1) is 12.4 Å². The van der Waals surface area contributed by atoms with Gasteiger partial charge in [0.05, 0.1) is 6.54 Å². The summed E-state index contributed by atoms with van der Waals surface area (Å²) in [5.41, 5.74) is 1.51. The number of halogens is 1. The lowest BCUT2D eigenvalue weighted by Gasteiger charge is -2.19. The van der Waals surface area contributed by atoms with Gasteiger partial charge in [0.25, 0.3) is 0 Å². The zero-order valence-electron chi connectivity index (χ0n) is 14.9. The molecule has 0 atom stereocenters. The van der Waals surface area contributed by atoms with Crippen LogP contribution in [0.2, 0.25) is 0 Å². The SMILES string of the molecule is CCCN(CCC(=O)Nc1ccc(N2CCCC2=O)cc1)CC(=O)O.Cl. The number of hydrogen-bond donors (Lipinski definition) is 2. The second kappa shape index (κ2) is 10.8. The van der Waals surface area contributed by atoms with Crippen LogP contribution in [0.15, 0.2) is 24.3 Å². The second-order valence-electron chi connectivity index (χ2n) is 6.16. The number of rotatable bonds is 9. The molecule has 7 nitrogen and oxygen atoms in total. The van der Waals surface area contributed by atoms with Gasteiger partial charge >= 0.3 is 5.97 Å². The average Bonchev–Trinajstić information content (AvgIpc) is 2.99. The maximum atomic E-state index is 12.1. The topological polar surface area (TPSA) is 90.0 Å². The molecule has 0 saturated carbocycles. The van der Waals surface area contributed by atoms with Crippen molar-refractivity contribution in [1.82, 2.24) is 4.90 Å². The van der Waals surface area contributed by atoms with Crippen LogP contribution in [0.5, 0.6) is 0 Å². The smallest absolute Gasteiger partial charge is 0.317 e. The van der Waals surface area contributed by atoms with Crippen LogP contribution < -0.4 is 10.2 Å². The molecule has 1 aliphatic rings. The average molecular weight is 384 g/mol. The number of nitrogens with one attached hydrogen (secondary N) is 1. The first-order chi connectivity index (χ1) is 12.0. The number of hydrogen-bond acceptors (Lipinski definition) is 4. The van der Waals surface area contributed by atoms with E-state index in [9.17, 15) is 14.4 Å². The monoisotopic (exact) mass is 383 g/mol. The lowest BCUT2D eigenvalue weighted by molar-refractivity contribution is -0.138. The van der Waals surface area contributed by atoms with E-state index in [2.05, 4.69) is 5.32 Å². The van der Waals surface area contributed by atoms with Crippen LogP contribution in [0.1, 0.15) is 32.6 Å². The van der Waals surface area contributed by atoms with E-state index in [1.807, 2.05) is 19.1 Å². The summed E-state index contributed by atoms with van der Waals surface area (Å²) in [6, 6.07) is 7.21. The summed E-state index contributed by atoms with van der Waals surface area (Å²) in [6.45, 7) is 3.72. The fourth-order valence-electron chi connectivity index (χ4n) is 2.91. The number of carbonyl (C=O) groups is 3. The molecular weight excluding hydrogens is 358 g/mol. The molecule has 0 aliphatic carbocycles.